The molecule has 2 heterocycles. The molecule has 0 aliphatic carbocycles. The Morgan fingerprint density at radius 2 is 1.56 bits per heavy atom. The maximum absolute atomic E-state index is 12.3. The van der Waals surface area contributed by atoms with Gasteiger partial charge in [0.25, 0.3) is 0 Å². The topological polar surface area (TPSA) is 66.5 Å². The summed E-state index contributed by atoms with van der Waals surface area (Å²) < 4.78 is 18.8. The normalized spacial score (nSPS) is 10.8. The zero-order valence-electron chi connectivity index (χ0n) is 20.2. The number of carbonyl (C=O) groups is 1. The van der Waals surface area contributed by atoms with Gasteiger partial charge in [0.15, 0.2) is 0 Å². The van der Waals surface area contributed by atoms with Crippen LogP contribution in [0.3, 0.4) is 0 Å². The van der Waals surface area contributed by atoms with Crippen LogP contribution < -0.4 is 4.74 Å². The Labute approximate surface area is 209 Å². The summed E-state index contributed by atoms with van der Waals surface area (Å²) in [6.07, 6.45) is 3.81. The minimum absolute atomic E-state index is 0.321. The highest BCUT2D eigenvalue weighted by Gasteiger charge is 2.17. The fraction of sp³-hybridized carbons (Fsp3) is 0.133. The van der Waals surface area contributed by atoms with Gasteiger partial charge >= 0.3 is 5.97 Å². The van der Waals surface area contributed by atoms with Crippen molar-refractivity contribution in [3.05, 3.63) is 120 Å². The Kier molecular flexibility index (Phi) is 6.67. The molecule has 5 aromatic rings. The first kappa shape index (κ1) is 23.2. The fourth-order valence-electron chi connectivity index (χ4n) is 4.04. The molecule has 5 rings (SSSR count). The van der Waals surface area contributed by atoms with Crippen molar-refractivity contribution in [2.24, 2.45) is 0 Å². The first-order valence-electron chi connectivity index (χ1n) is 11.7. The van der Waals surface area contributed by atoms with Crippen molar-refractivity contribution in [1.82, 2.24) is 9.55 Å². The van der Waals surface area contributed by atoms with Crippen LogP contribution in [0.2, 0.25) is 0 Å². The predicted octanol–water partition coefficient (Wildman–Crippen LogP) is 6.53. The zero-order valence-corrected chi connectivity index (χ0v) is 20.2. The molecule has 0 atom stereocenters. The van der Waals surface area contributed by atoms with Gasteiger partial charge in [0, 0.05) is 30.1 Å². The summed E-state index contributed by atoms with van der Waals surface area (Å²) in [5.41, 5.74) is 5.15. The zero-order chi connectivity index (χ0) is 24.9. The second kappa shape index (κ2) is 10.4. The minimum atomic E-state index is -0.352. The van der Waals surface area contributed by atoms with E-state index < -0.39 is 0 Å². The molecule has 0 N–H and O–H groups in total. The molecule has 6 heteroatoms. The van der Waals surface area contributed by atoms with Crippen molar-refractivity contribution in [3.63, 3.8) is 0 Å². The molecule has 0 saturated heterocycles. The molecule has 2 aromatic heterocycles. The fourth-order valence-corrected chi connectivity index (χ4v) is 4.04. The lowest BCUT2D eigenvalue weighted by Gasteiger charge is -2.07. The molecule has 0 amide bonds. The summed E-state index contributed by atoms with van der Waals surface area (Å²) >= 11 is 0. The molecule has 0 unspecified atom stereocenters. The first-order chi connectivity index (χ1) is 17.6. The van der Waals surface area contributed by atoms with Crippen LogP contribution in [-0.4, -0.2) is 22.6 Å². The van der Waals surface area contributed by atoms with Crippen molar-refractivity contribution in [2.45, 2.75) is 20.1 Å². The number of esters is 1. The molecule has 0 radical (unpaired) electrons. The molecular formula is C30H26N2O4. The highest BCUT2D eigenvalue weighted by atomic mass is 16.5. The second-order valence-electron chi connectivity index (χ2n) is 8.44. The number of methoxy groups -OCH3 is 1. The quantitative estimate of drug-likeness (QED) is 0.237. The van der Waals surface area contributed by atoms with E-state index in [-0.39, 0.29) is 5.97 Å². The monoisotopic (exact) mass is 478 g/mol. The number of rotatable bonds is 8. The van der Waals surface area contributed by atoms with E-state index in [2.05, 4.69) is 4.98 Å². The van der Waals surface area contributed by atoms with Crippen LogP contribution in [0.4, 0.5) is 0 Å². The van der Waals surface area contributed by atoms with E-state index in [0.717, 1.165) is 39.5 Å². The van der Waals surface area contributed by atoms with Gasteiger partial charge in [0.1, 0.15) is 23.8 Å². The number of ether oxygens (including phenoxy) is 2. The van der Waals surface area contributed by atoms with Gasteiger partial charge in [-0.05, 0) is 42.3 Å². The molecule has 0 bridgehead atoms. The highest BCUT2D eigenvalue weighted by molar-refractivity contribution is 5.97. The van der Waals surface area contributed by atoms with Crippen LogP contribution in [0.1, 0.15) is 27.4 Å². The van der Waals surface area contributed by atoms with E-state index >= 15 is 0 Å². The van der Waals surface area contributed by atoms with Gasteiger partial charge in [0.05, 0.1) is 12.7 Å². The average molecular weight is 479 g/mol. The number of aromatic nitrogens is 2. The molecule has 0 aliphatic rings. The number of hydrogen-bond donors (Lipinski definition) is 0. The first-order valence-corrected chi connectivity index (χ1v) is 11.7. The van der Waals surface area contributed by atoms with Crippen molar-refractivity contribution < 1.29 is 18.7 Å². The summed E-state index contributed by atoms with van der Waals surface area (Å²) in [6.45, 7) is 2.83. The number of hydrogen-bond acceptors (Lipinski definition) is 5. The lowest BCUT2D eigenvalue weighted by Crippen LogP contribution is -2.02. The van der Waals surface area contributed by atoms with E-state index in [1.165, 1.54) is 7.11 Å². The second-order valence-corrected chi connectivity index (χ2v) is 8.44. The Morgan fingerprint density at radius 1 is 0.889 bits per heavy atom. The van der Waals surface area contributed by atoms with Crippen molar-refractivity contribution in [3.8, 4) is 28.3 Å². The van der Waals surface area contributed by atoms with Crippen molar-refractivity contribution >= 4 is 5.97 Å². The van der Waals surface area contributed by atoms with E-state index in [1.807, 2.05) is 109 Å². The Hall–Kier alpha value is -4.58. The van der Waals surface area contributed by atoms with Crippen LogP contribution in [-0.2, 0) is 17.9 Å². The van der Waals surface area contributed by atoms with Crippen LogP contribution in [0.15, 0.2) is 102 Å². The lowest BCUT2D eigenvalue weighted by atomic mass is 10.1. The molecular weight excluding hydrogens is 452 g/mol. The third kappa shape index (κ3) is 5.08. The summed E-state index contributed by atoms with van der Waals surface area (Å²) in [4.78, 5) is 16.9. The average Bonchev–Trinajstić information content (AvgIpc) is 3.52. The maximum Gasteiger partial charge on any atom is 0.340 e. The van der Waals surface area contributed by atoms with Crippen LogP contribution >= 0.6 is 0 Å². The summed E-state index contributed by atoms with van der Waals surface area (Å²) in [6, 6.07) is 27.5. The third-order valence-corrected chi connectivity index (χ3v) is 5.95. The number of aryl methyl sites for hydroxylation is 1. The van der Waals surface area contributed by atoms with E-state index in [4.69, 9.17) is 13.9 Å². The number of carbonyl (C=O) groups excluding carboxylic acids is 1. The van der Waals surface area contributed by atoms with Gasteiger partial charge in [-0.25, -0.2) is 9.78 Å². The van der Waals surface area contributed by atoms with Gasteiger partial charge in [-0.1, -0.05) is 60.7 Å². The standard InChI is InChI=1S/C30H26N2O4/c1-21-28(31-29(36-21)24-11-7-4-8-12-24)20-35-25-15-13-22(14-16-25)17-32-18-26(23-9-5-3-6-10-23)27(19-32)30(33)34-2/h3-16,18-19H,17,20H2,1-2H3. The van der Waals surface area contributed by atoms with Gasteiger partial charge in [-0.2, -0.15) is 0 Å². The molecule has 0 spiro atoms. The van der Waals surface area contributed by atoms with Crippen LogP contribution in [0, 0.1) is 6.92 Å². The minimum Gasteiger partial charge on any atom is -0.487 e. The molecule has 3 aromatic carbocycles. The summed E-state index contributed by atoms with van der Waals surface area (Å²) in [5, 5.41) is 0. The van der Waals surface area contributed by atoms with E-state index in [9.17, 15) is 4.79 Å². The molecule has 0 saturated carbocycles. The third-order valence-electron chi connectivity index (χ3n) is 5.95. The molecule has 0 fully saturated rings. The summed E-state index contributed by atoms with van der Waals surface area (Å²) in [7, 11) is 1.40. The van der Waals surface area contributed by atoms with Gasteiger partial charge in [-0.15, -0.1) is 0 Å². The molecule has 0 aliphatic heterocycles. The largest absolute Gasteiger partial charge is 0.487 e. The van der Waals surface area contributed by atoms with Gasteiger partial charge in [-0.3, -0.25) is 0 Å². The molecule has 36 heavy (non-hydrogen) atoms. The molecule has 6 nitrogen and oxygen atoms in total. The van der Waals surface area contributed by atoms with Crippen molar-refractivity contribution in [1.29, 1.82) is 0 Å². The smallest absolute Gasteiger partial charge is 0.340 e. The Bertz CT molecular complexity index is 1450. The maximum atomic E-state index is 12.3. The summed E-state index contributed by atoms with van der Waals surface area (Å²) in [5.74, 6) is 1.73. The Balaban J connectivity index is 1.26. The van der Waals surface area contributed by atoms with E-state index in [1.54, 1.807) is 0 Å². The lowest BCUT2D eigenvalue weighted by molar-refractivity contribution is 0.0601. The Morgan fingerprint density at radius 3 is 2.22 bits per heavy atom. The van der Waals surface area contributed by atoms with E-state index in [0.29, 0.717) is 24.6 Å². The van der Waals surface area contributed by atoms with Crippen LogP contribution in [0.25, 0.3) is 22.6 Å². The number of nitrogens with zero attached hydrogens (tertiary/aromatic N) is 2. The van der Waals surface area contributed by atoms with Gasteiger partial charge < -0.3 is 18.5 Å². The number of oxazole rings is 1. The molecule has 180 valence electrons. The SMILES string of the molecule is COC(=O)c1cn(Cc2ccc(OCc3nc(-c4ccccc4)oc3C)cc2)cc1-c1ccccc1. The number of benzene rings is 3. The highest BCUT2D eigenvalue weighted by Crippen LogP contribution is 2.27. The van der Waals surface area contributed by atoms with Gasteiger partial charge in [0.2, 0.25) is 5.89 Å². The van der Waals surface area contributed by atoms with Crippen molar-refractivity contribution in [2.75, 3.05) is 7.11 Å². The van der Waals surface area contributed by atoms with Crippen LogP contribution in [0.5, 0.6) is 5.75 Å². The predicted molar refractivity (Wildman–Crippen MR) is 138 cm³/mol.